The van der Waals surface area contributed by atoms with E-state index in [9.17, 15) is 9.59 Å². The summed E-state index contributed by atoms with van der Waals surface area (Å²) in [6.07, 6.45) is 2.33. The first-order chi connectivity index (χ1) is 6.25. The molecule has 4 nitrogen and oxygen atoms in total. The van der Waals surface area contributed by atoms with Crippen LogP contribution in [0.2, 0.25) is 0 Å². The molecule has 0 aromatic rings. The van der Waals surface area contributed by atoms with Crippen LogP contribution < -0.4 is 0 Å². The smallest absolute Gasteiger partial charge is 0.155 e. The number of aliphatic hydroxyl groups is 2. The molecule has 0 fully saturated rings. The summed E-state index contributed by atoms with van der Waals surface area (Å²) in [6, 6.07) is 0. The van der Waals surface area contributed by atoms with Gasteiger partial charge < -0.3 is 10.2 Å². The molecule has 0 bridgehead atoms. The summed E-state index contributed by atoms with van der Waals surface area (Å²) in [7, 11) is 0. The van der Waals surface area contributed by atoms with Crippen LogP contribution in [0.15, 0.2) is 23.7 Å². The van der Waals surface area contributed by atoms with Crippen LogP contribution in [0, 0.1) is 0 Å². The number of hydrogen-bond acceptors (Lipinski definition) is 4. The minimum atomic E-state index is -0.125. The molecule has 15 heavy (non-hydrogen) atoms. The van der Waals surface area contributed by atoms with Gasteiger partial charge in [0, 0.05) is 29.2 Å². The van der Waals surface area contributed by atoms with Crippen LogP contribution in [0.3, 0.4) is 0 Å². The van der Waals surface area contributed by atoms with Crippen molar-refractivity contribution in [3.8, 4) is 0 Å². The average Bonchev–Trinajstić information content (AvgIpc) is 1.79. The molecule has 87 valence electrons. The molecule has 0 saturated heterocycles. The molecule has 0 amide bonds. The average molecular weight is 255 g/mol. The second-order valence-corrected chi connectivity index (χ2v) is 2.79. The summed E-state index contributed by atoms with van der Waals surface area (Å²) in [6.45, 7) is 5.70. The van der Waals surface area contributed by atoms with E-state index in [1.807, 2.05) is 0 Å². The van der Waals surface area contributed by atoms with Gasteiger partial charge in [-0.05, 0) is 27.7 Å². The summed E-state index contributed by atoms with van der Waals surface area (Å²) in [4.78, 5) is 20.0. The summed E-state index contributed by atoms with van der Waals surface area (Å²) < 4.78 is 0. The van der Waals surface area contributed by atoms with E-state index in [1.165, 1.54) is 39.8 Å². The first kappa shape index (κ1) is 19.5. The van der Waals surface area contributed by atoms with Crippen LogP contribution in [0.1, 0.15) is 27.7 Å². The maximum atomic E-state index is 10.0. The van der Waals surface area contributed by atoms with E-state index in [2.05, 4.69) is 0 Å². The van der Waals surface area contributed by atoms with Crippen LogP contribution >= 0.6 is 0 Å². The van der Waals surface area contributed by atoms with Gasteiger partial charge in [0.15, 0.2) is 11.6 Å². The van der Waals surface area contributed by atoms with Crippen molar-refractivity contribution in [1.29, 1.82) is 0 Å². The molecule has 0 aromatic carbocycles. The molecule has 0 heterocycles. The second-order valence-electron chi connectivity index (χ2n) is 2.79. The maximum Gasteiger partial charge on any atom is 0.155 e. The summed E-state index contributed by atoms with van der Waals surface area (Å²) >= 11 is 0. The Kier molecular flexibility index (Phi) is 14.3. The van der Waals surface area contributed by atoms with Crippen LogP contribution in [0.25, 0.3) is 0 Å². The molecule has 1 radical (unpaired) electrons. The standard InChI is InChI=1S/2C5H8O2.Mn/c2*1-4(6)3-5(2)7;/h2*3,6H,1-2H3;. The monoisotopic (exact) mass is 255 g/mol. The zero-order valence-electron chi connectivity index (χ0n) is 9.24. The number of carbonyl (C=O) groups is 2. The van der Waals surface area contributed by atoms with Gasteiger partial charge in [-0.3, -0.25) is 9.59 Å². The minimum Gasteiger partial charge on any atom is -0.512 e. The molecular formula is C10H16MnO4. The van der Waals surface area contributed by atoms with Gasteiger partial charge in [0.25, 0.3) is 0 Å². The molecule has 0 rings (SSSR count). The Morgan fingerprint density at radius 3 is 1.00 bits per heavy atom. The number of ketones is 2. The Morgan fingerprint density at radius 1 is 0.800 bits per heavy atom. The number of rotatable bonds is 2. The topological polar surface area (TPSA) is 74.6 Å². The Hall–Kier alpha value is -1.06. The molecular weight excluding hydrogens is 239 g/mol. The van der Waals surface area contributed by atoms with Gasteiger partial charge in [-0.25, -0.2) is 0 Å². The van der Waals surface area contributed by atoms with Crippen molar-refractivity contribution in [1.82, 2.24) is 0 Å². The van der Waals surface area contributed by atoms with Crippen molar-refractivity contribution in [2.45, 2.75) is 27.7 Å². The molecule has 0 spiro atoms. The largest absolute Gasteiger partial charge is 0.512 e. The minimum absolute atomic E-state index is 0. The van der Waals surface area contributed by atoms with Crippen LogP contribution in [-0.4, -0.2) is 21.8 Å². The third-order valence-electron chi connectivity index (χ3n) is 0.824. The van der Waals surface area contributed by atoms with Crippen LogP contribution in [0.4, 0.5) is 0 Å². The van der Waals surface area contributed by atoms with Gasteiger partial charge >= 0.3 is 0 Å². The van der Waals surface area contributed by atoms with Crippen molar-refractivity contribution >= 4 is 11.6 Å². The van der Waals surface area contributed by atoms with Crippen molar-refractivity contribution in [2.24, 2.45) is 0 Å². The van der Waals surface area contributed by atoms with Gasteiger partial charge in [0.05, 0.1) is 11.5 Å². The van der Waals surface area contributed by atoms with E-state index in [-0.39, 0.29) is 40.2 Å². The van der Waals surface area contributed by atoms with Gasteiger partial charge in [0.2, 0.25) is 0 Å². The zero-order valence-corrected chi connectivity index (χ0v) is 10.4. The third kappa shape index (κ3) is 32.2. The van der Waals surface area contributed by atoms with Crippen LogP contribution in [-0.2, 0) is 26.7 Å². The molecule has 0 unspecified atom stereocenters. The predicted molar refractivity (Wildman–Crippen MR) is 54.1 cm³/mol. The molecule has 0 aliphatic rings. The van der Waals surface area contributed by atoms with Gasteiger partial charge in [0.1, 0.15) is 0 Å². The van der Waals surface area contributed by atoms with Gasteiger partial charge in [-0.1, -0.05) is 0 Å². The van der Waals surface area contributed by atoms with Crippen molar-refractivity contribution < 1.29 is 36.9 Å². The number of allylic oxidation sites excluding steroid dienone is 4. The molecule has 0 aliphatic carbocycles. The zero-order chi connectivity index (χ0) is 11.7. The molecule has 0 saturated carbocycles. The molecule has 0 atom stereocenters. The van der Waals surface area contributed by atoms with E-state index in [4.69, 9.17) is 10.2 Å². The van der Waals surface area contributed by atoms with Crippen molar-refractivity contribution in [3.63, 3.8) is 0 Å². The quantitative estimate of drug-likeness (QED) is 0.450. The Balaban J connectivity index is -0.000000180. The van der Waals surface area contributed by atoms with Crippen molar-refractivity contribution in [3.05, 3.63) is 23.7 Å². The van der Waals surface area contributed by atoms with Gasteiger partial charge in [-0.2, -0.15) is 0 Å². The van der Waals surface area contributed by atoms with Gasteiger partial charge in [-0.15, -0.1) is 0 Å². The number of aliphatic hydroxyl groups excluding tert-OH is 2. The summed E-state index contributed by atoms with van der Waals surface area (Å²) in [5.41, 5.74) is 0. The predicted octanol–water partition coefficient (Wildman–Crippen LogP) is 2.07. The number of carbonyl (C=O) groups excluding carboxylic acids is 2. The maximum absolute atomic E-state index is 10.0. The fraction of sp³-hybridized carbons (Fsp3) is 0.400. The molecule has 0 aromatic heterocycles. The first-order valence-electron chi connectivity index (χ1n) is 4.01. The van der Waals surface area contributed by atoms with E-state index in [1.54, 1.807) is 0 Å². The fourth-order valence-electron chi connectivity index (χ4n) is 0.588. The summed E-state index contributed by atoms with van der Waals surface area (Å²) in [5, 5.41) is 16.7. The Bertz CT molecular complexity index is 231. The normalized spacial score (nSPS) is 10.7. The first-order valence-corrected chi connectivity index (χ1v) is 4.01. The van der Waals surface area contributed by atoms with E-state index < -0.39 is 0 Å². The molecule has 2 N–H and O–H groups in total. The summed E-state index contributed by atoms with van der Waals surface area (Å²) in [5.74, 6) is -0.125. The molecule has 5 heteroatoms. The molecule has 0 aliphatic heterocycles. The fourth-order valence-corrected chi connectivity index (χ4v) is 0.588. The third-order valence-corrected chi connectivity index (χ3v) is 0.824. The Morgan fingerprint density at radius 2 is 1.00 bits per heavy atom. The van der Waals surface area contributed by atoms with E-state index in [0.717, 1.165) is 0 Å². The van der Waals surface area contributed by atoms with Crippen LogP contribution in [0.5, 0.6) is 0 Å². The number of hydrogen-bond donors (Lipinski definition) is 2. The SMILES string of the molecule is CC(=O)C=C(C)O.CC(=O)C=C(C)O.[Mn]. The van der Waals surface area contributed by atoms with Crippen molar-refractivity contribution in [2.75, 3.05) is 0 Å². The second kappa shape index (κ2) is 11.0. The Labute approximate surface area is 100 Å². The van der Waals surface area contributed by atoms with E-state index >= 15 is 0 Å². The van der Waals surface area contributed by atoms with E-state index in [0.29, 0.717) is 0 Å².